The number of anilines is 6. The summed E-state index contributed by atoms with van der Waals surface area (Å²) in [6.07, 6.45) is 0. The summed E-state index contributed by atoms with van der Waals surface area (Å²) in [7, 11) is 0. The Hall–Kier alpha value is -15.0. The van der Waals surface area contributed by atoms with Crippen LogP contribution in [-0.2, 0) is 10.8 Å². The van der Waals surface area contributed by atoms with E-state index in [0.717, 1.165) is 140 Å². The standard InChI is InChI=1S/C118H87BN4/c1-117(2,3)86-59-64-106-100(71-86)101-72-87(118(4,5)6)60-65-107(101)120(106)88-61-63-103-109(73-88)123(116-98(80-44-22-11-23-45-80)68-85(77-38-16-8-17-39-77)69-99(116)81-46-24-12-25-47-81)111-75-89(121-104-56-34-32-50-90(104)91-51-33-35-57-105(91)121)74-110-114(111)119(103)102-62-58-83(113-94-54-30-28-52-92(94)112(82-48-26-13-27-49-82)93-53-29-31-55-95(93)113)70-108(102)122(110)115-96(78-40-18-9-19-41-78)66-84(76-36-14-7-15-37-76)67-97(115)79-42-20-10-21-43-79/h7-75H,1-6H3. The zero-order valence-electron chi connectivity index (χ0n) is 69.7. The van der Waals surface area contributed by atoms with Crippen LogP contribution in [0.2, 0.25) is 0 Å². The summed E-state index contributed by atoms with van der Waals surface area (Å²) in [5, 5.41) is 9.66. The lowest BCUT2D eigenvalue weighted by Gasteiger charge is -2.46. The second-order valence-corrected chi connectivity index (χ2v) is 35.4. The number of rotatable bonds is 12. The van der Waals surface area contributed by atoms with Gasteiger partial charge in [0, 0.05) is 72.2 Å². The Morgan fingerprint density at radius 2 is 0.504 bits per heavy atom. The second-order valence-electron chi connectivity index (χ2n) is 35.4. The molecule has 123 heavy (non-hydrogen) atoms. The van der Waals surface area contributed by atoms with Gasteiger partial charge < -0.3 is 18.9 Å². The highest BCUT2D eigenvalue weighted by atomic mass is 15.2. The number of hydrogen-bond acceptors (Lipinski definition) is 2. The summed E-state index contributed by atoms with van der Waals surface area (Å²) in [6, 6.07) is 159. The smallest absolute Gasteiger partial charge is 0.252 e. The lowest BCUT2D eigenvalue weighted by molar-refractivity contribution is 0.590. The van der Waals surface area contributed by atoms with Gasteiger partial charge in [0.15, 0.2) is 0 Å². The first kappa shape index (κ1) is 73.1. The summed E-state index contributed by atoms with van der Waals surface area (Å²) < 4.78 is 5.14. The number of para-hydroxylation sites is 2. The number of fused-ring (bicyclic) bond motifs is 12. The maximum atomic E-state index is 2.75. The van der Waals surface area contributed by atoms with Gasteiger partial charge in [-0.25, -0.2) is 0 Å². The Kier molecular flexibility index (Phi) is 17.2. The van der Waals surface area contributed by atoms with E-state index < -0.39 is 0 Å². The molecule has 0 spiro atoms. The molecule has 0 bridgehead atoms. The highest BCUT2D eigenvalue weighted by Gasteiger charge is 2.47. The van der Waals surface area contributed by atoms with E-state index in [9.17, 15) is 0 Å². The number of benzene rings is 19. The summed E-state index contributed by atoms with van der Waals surface area (Å²) in [4.78, 5) is 5.49. The van der Waals surface area contributed by atoms with Crippen molar-refractivity contribution < 1.29 is 0 Å². The predicted molar refractivity (Wildman–Crippen MR) is 525 cm³/mol. The maximum Gasteiger partial charge on any atom is 0.252 e. The number of nitrogens with zero attached hydrogens (tertiary/aromatic N) is 4. The van der Waals surface area contributed by atoms with Gasteiger partial charge in [0.2, 0.25) is 0 Å². The minimum absolute atomic E-state index is 0.0943. The van der Waals surface area contributed by atoms with Crippen LogP contribution in [-0.4, -0.2) is 15.8 Å². The predicted octanol–water partition coefficient (Wildman–Crippen LogP) is 30.2. The topological polar surface area (TPSA) is 16.3 Å². The normalized spacial score (nSPS) is 12.6. The van der Waals surface area contributed by atoms with E-state index in [2.05, 4.69) is 479 Å². The molecule has 0 radical (unpaired) electrons. The Labute approximate surface area is 718 Å². The van der Waals surface area contributed by atoms with Gasteiger partial charge in [-0.1, -0.05) is 369 Å². The zero-order chi connectivity index (χ0) is 82.3. The molecule has 2 aliphatic rings. The van der Waals surface area contributed by atoms with Crippen LogP contribution in [0, 0.1) is 0 Å². The molecule has 0 saturated heterocycles. The van der Waals surface area contributed by atoms with E-state index in [-0.39, 0.29) is 17.5 Å². The highest BCUT2D eigenvalue weighted by Crippen LogP contribution is 2.57. The number of hydrogen-bond donors (Lipinski definition) is 0. The molecule has 0 aliphatic carbocycles. The van der Waals surface area contributed by atoms with Crippen LogP contribution in [0.15, 0.2) is 419 Å². The van der Waals surface area contributed by atoms with Crippen molar-refractivity contribution in [1.82, 2.24) is 9.13 Å². The molecule has 0 amide bonds. The van der Waals surface area contributed by atoms with E-state index >= 15 is 0 Å². The van der Waals surface area contributed by atoms with Gasteiger partial charge in [-0.15, -0.1) is 0 Å². The molecule has 21 aromatic rings. The van der Waals surface area contributed by atoms with Gasteiger partial charge in [-0.3, -0.25) is 0 Å². The average molecular weight is 1570 g/mol. The molecule has 4 heterocycles. The first-order valence-electron chi connectivity index (χ1n) is 43.1. The van der Waals surface area contributed by atoms with Crippen molar-refractivity contribution in [3.63, 3.8) is 0 Å². The fourth-order valence-electron chi connectivity index (χ4n) is 20.4. The lowest BCUT2D eigenvalue weighted by Crippen LogP contribution is -2.61. The molecule has 2 aliphatic heterocycles. The van der Waals surface area contributed by atoms with Crippen LogP contribution in [0.3, 0.4) is 0 Å². The fourth-order valence-corrected chi connectivity index (χ4v) is 20.4. The van der Waals surface area contributed by atoms with Crippen LogP contribution >= 0.6 is 0 Å². The Morgan fingerprint density at radius 1 is 0.203 bits per heavy atom. The molecule has 4 nitrogen and oxygen atoms in total. The summed E-state index contributed by atoms with van der Waals surface area (Å²) in [5.74, 6) is 0. The van der Waals surface area contributed by atoms with Gasteiger partial charge in [0.25, 0.3) is 6.71 Å². The van der Waals surface area contributed by atoms with Crippen molar-refractivity contribution >= 4 is 122 Å². The molecule has 23 rings (SSSR count). The molecule has 2 aromatic heterocycles. The van der Waals surface area contributed by atoms with Crippen molar-refractivity contribution in [2.45, 2.75) is 52.4 Å². The van der Waals surface area contributed by atoms with E-state index in [4.69, 9.17) is 0 Å². The molecule has 0 atom stereocenters. The third-order valence-corrected chi connectivity index (χ3v) is 26.1. The molecule has 0 saturated carbocycles. The minimum atomic E-state index is -0.355. The molecular weight excluding hydrogens is 1480 g/mol. The van der Waals surface area contributed by atoms with Gasteiger partial charge in [0.05, 0.1) is 39.1 Å². The van der Waals surface area contributed by atoms with Gasteiger partial charge >= 0.3 is 0 Å². The zero-order valence-corrected chi connectivity index (χ0v) is 69.7. The maximum absolute atomic E-state index is 2.75. The van der Waals surface area contributed by atoms with Crippen LogP contribution in [0.1, 0.15) is 52.7 Å². The molecular formula is C118H87BN4. The summed E-state index contributed by atoms with van der Waals surface area (Å²) in [6.45, 7) is 13.7. The third-order valence-electron chi connectivity index (χ3n) is 26.1. The van der Waals surface area contributed by atoms with Crippen molar-refractivity contribution in [3.8, 4) is 100 Å². The van der Waals surface area contributed by atoms with Crippen LogP contribution in [0.5, 0.6) is 0 Å². The Bertz CT molecular complexity index is 7490. The van der Waals surface area contributed by atoms with Gasteiger partial charge in [-0.2, -0.15) is 0 Å². The minimum Gasteiger partial charge on any atom is -0.310 e. The largest absolute Gasteiger partial charge is 0.310 e. The highest BCUT2D eigenvalue weighted by molar-refractivity contribution is 7.00. The summed E-state index contributed by atoms with van der Waals surface area (Å²) >= 11 is 0. The van der Waals surface area contributed by atoms with Crippen LogP contribution in [0.25, 0.3) is 166 Å². The van der Waals surface area contributed by atoms with E-state index in [1.165, 1.54) is 87.3 Å². The lowest BCUT2D eigenvalue weighted by atomic mass is 9.33. The van der Waals surface area contributed by atoms with Crippen molar-refractivity contribution in [3.05, 3.63) is 430 Å². The van der Waals surface area contributed by atoms with Gasteiger partial charge in [-0.05, 0) is 218 Å². The van der Waals surface area contributed by atoms with Crippen molar-refractivity contribution in [2.24, 2.45) is 0 Å². The number of aromatic nitrogens is 2. The Balaban J connectivity index is 0.925. The molecule has 0 fully saturated rings. The molecule has 5 heteroatoms. The Morgan fingerprint density at radius 3 is 0.886 bits per heavy atom. The molecule has 582 valence electrons. The van der Waals surface area contributed by atoms with Crippen LogP contribution < -0.4 is 26.2 Å². The first-order valence-corrected chi connectivity index (χ1v) is 43.1. The quantitative estimate of drug-likeness (QED) is 0.0895. The van der Waals surface area contributed by atoms with Crippen molar-refractivity contribution in [2.75, 3.05) is 9.80 Å². The van der Waals surface area contributed by atoms with E-state index in [1.54, 1.807) is 0 Å². The van der Waals surface area contributed by atoms with E-state index in [0.29, 0.717) is 0 Å². The first-order chi connectivity index (χ1) is 60.3. The molecule has 19 aromatic carbocycles. The molecule has 0 unspecified atom stereocenters. The van der Waals surface area contributed by atoms with E-state index in [1.807, 2.05) is 0 Å². The van der Waals surface area contributed by atoms with Crippen molar-refractivity contribution in [1.29, 1.82) is 0 Å². The SMILES string of the molecule is CC(C)(C)c1ccc2c(c1)c1cc(C(C)(C)C)ccc1n2-c1ccc2c(c1)N(c1c(-c3ccccc3)cc(-c3ccccc3)cc1-c1ccccc1)c1cc(-n3c4ccccc4c4ccccc43)cc3c1B2c1ccc(-c2c4ccccc4c(-c4ccccc4)c4ccccc24)cc1N3c1c(-c2ccccc2)cc(-c2ccccc2)cc1-c1ccccc1. The average Bonchev–Trinajstić information content (AvgIpc) is 1.36. The fraction of sp³-hybridized carbons (Fsp3) is 0.0678. The molecule has 0 N–H and O–H groups in total. The monoisotopic (exact) mass is 1570 g/mol. The van der Waals surface area contributed by atoms with Gasteiger partial charge in [0.1, 0.15) is 0 Å². The van der Waals surface area contributed by atoms with Crippen LogP contribution in [0.4, 0.5) is 34.1 Å². The third kappa shape index (κ3) is 12.0. The second kappa shape index (κ2) is 28.9. The summed E-state index contributed by atoms with van der Waals surface area (Å²) in [5.41, 5.74) is 37.3.